The third-order valence-corrected chi connectivity index (χ3v) is 8.54. The molecule has 8 nitrogen and oxygen atoms in total. The molecule has 232 valence electrons. The first-order valence-corrected chi connectivity index (χ1v) is 15.5. The van der Waals surface area contributed by atoms with Crippen molar-refractivity contribution in [2.45, 2.75) is 57.5 Å². The van der Waals surface area contributed by atoms with E-state index >= 15 is 0 Å². The predicted molar refractivity (Wildman–Crippen MR) is 168 cm³/mol. The van der Waals surface area contributed by atoms with Gasteiger partial charge in [0.15, 0.2) is 0 Å². The summed E-state index contributed by atoms with van der Waals surface area (Å²) >= 11 is 0. The Morgan fingerprint density at radius 2 is 1.64 bits per heavy atom. The molecule has 1 saturated carbocycles. The standard InChI is InChI=1S/C35H41FN4O4/c1-25-9-6-7-14-31(25)33(34(42)37-28-11-4-3-5-12-28)40(29-13-8-10-27(36)24-29)32(41)23-26-15-17-30(18-16-26)44-35(43)39-21-19-38(2)20-22-39/h6-10,13-18,24,28,33H,3-5,11-12,19-23H2,1-2H3,(H,37,42). The molecule has 2 fully saturated rings. The normalized spacial score (nSPS) is 16.7. The van der Waals surface area contributed by atoms with Crippen molar-refractivity contribution < 1.29 is 23.5 Å². The minimum absolute atomic E-state index is 0.0355. The van der Waals surface area contributed by atoms with Gasteiger partial charge in [-0.25, -0.2) is 9.18 Å². The monoisotopic (exact) mass is 600 g/mol. The van der Waals surface area contributed by atoms with Crippen molar-refractivity contribution in [1.29, 1.82) is 0 Å². The van der Waals surface area contributed by atoms with Crippen molar-refractivity contribution >= 4 is 23.6 Å². The first kappa shape index (κ1) is 31.2. The molecule has 2 aliphatic rings. The summed E-state index contributed by atoms with van der Waals surface area (Å²) in [6, 6.07) is 19.1. The second-order valence-corrected chi connectivity index (χ2v) is 11.8. The van der Waals surface area contributed by atoms with Gasteiger partial charge in [0.05, 0.1) is 6.42 Å². The van der Waals surface area contributed by atoms with E-state index in [4.69, 9.17) is 4.74 Å². The topological polar surface area (TPSA) is 82.2 Å². The molecule has 44 heavy (non-hydrogen) atoms. The van der Waals surface area contributed by atoms with E-state index in [1.54, 1.807) is 41.3 Å². The fourth-order valence-corrected chi connectivity index (χ4v) is 5.97. The number of piperazine rings is 1. The summed E-state index contributed by atoms with van der Waals surface area (Å²) in [5.74, 6) is -0.750. The molecule has 9 heteroatoms. The van der Waals surface area contributed by atoms with Crippen LogP contribution >= 0.6 is 0 Å². The maximum Gasteiger partial charge on any atom is 0.415 e. The third-order valence-electron chi connectivity index (χ3n) is 8.54. The van der Waals surface area contributed by atoms with E-state index in [2.05, 4.69) is 10.2 Å². The number of carbonyl (C=O) groups excluding carboxylic acids is 3. The molecule has 3 aromatic rings. The molecular formula is C35H41FN4O4. The second kappa shape index (κ2) is 14.5. The molecule has 1 saturated heterocycles. The van der Waals surface area contributed by atoms with Gasteiger partial charge in [-0.1, -0.05) is 61.7 Å². The lowest BCUT2D eigenvalue weighted by Crippen LogP contribution is -2.48. The summed E-state index contributed by atoms with van der Waals surface area (Å²) in [6.07, 6.45) is 4.60. The van der Waals surface area contributed by atoms with Crippen LogP contribution in [0.25, 0.3) is 0 Å². The van der Waals surface area contributed by atoms with Crippen LogP contribution in [0.15, 0.2) is 72.8 Å². The Morgan fingerprint density at radius 3 is 2.32 bits per heavy atom. The number of aryl methyl sites for hydroxylation is 1. The number of halogens is 1. The van der Waals surface area contributed by atoms with Crippen LogP contribution in [0.3, 0.4) is 0 Å². The molecule has 0 spiro atoms. The molecule has 0 radical (unpaired) electrons. The van der Waals surface area contributed by atoms with Gasteiger partial charge in [-0.15, -0.1) is 0 Å². The highest BCUT2D eigenvalue weighted by molar-refractivity contribution is 6.02. The largest absolute Gasteiger partial charge is 0.415 e. The molecule has 1 aliphatic heterocycles. The summed E-state index contributed by atoms with van der Waals surface area (Å²) in [5, 5.41) is 3.20. The van der Waals surface area contributed by atoms with E-state index in [9.17, 15) is 18.8 Å². The molecular weight excluding hydrogens is 559 g/mol. The summed E-state index contributed by atoms with van der Waals surface area (Å²) in [4.78, 5) is 46.1. The summed E-state index contributed by atoms with van der Waals surface area (Å²) in [5.41, 5.74) is 2.52. The zero-order chi connectivity index (χ0) is 31.1. The quantitative estimate of drug-likeness (QED) is 0.362. The van der Waals surface area contributed by atoms with E-state index in [1.807, 2.05) is 38.2 Å². The van der Waals surface area contributed by atoms with Crippen molar-refractivity contribution in [1.82, 2.24) is 15.1 Å². The van der Waals surface area contributed by atoms with Crippen LogP contribution in [0.2, 0.25) is 0 Å². The number of carbonyl (C=O) groups is 3. The fraction of sp³-hybridized carbons (Fsp3) is 0.400. The smallest absolute Gasteiger partial charge is 0.410 e. The van der Waals surface area contributed by atoms with E-state index in [0.717, 1.165) is 50.8 Å². The van der Waals surface area contributed by atoms with Crippen molar-refractivity contribution in [3.63, 3.8) is 0 Å². The minimum Gasteiger partial charge on any atom is -0.410 e. The van der Waals surface area contributed by atoms with E-state index in [1.165, 1.54) is 17.0 Å². The second-order valence-electron chi connectivity index (χ2n) is 11.8. The van der Waals surface area contributed by atoms with Gasteiger partial charge in [-0.05, 0) is 73.8 Å². The van der Waals surface area contributed by atoms with Crippen molar-refractivity contribution in [3.05, 3.63) is 95.3 Å². The van der Waals surface area contributed by atoms with Crippen LogP contribution in [0, 0.1) is 12.7 Å². The molecule has 3 aromatic carbocycles. The highest BCUT2D eigenvalue weighted by Crippen LogP contribution is 2.32. The van der Waals surface area contributed by atoms with Gasteiger partial charge in [-0.3, -0.25) is 14.5 Å². The molecule has 1 aliphatic carbocycles. The number of hydrogen-bond donors (Lipinski definition) is 1. The number of nitrogens with one attached hydrogen (secondary N) is 1. The van der Waals surface area contributed by atoms with Gasteiger partial charge in [0, 0.05) is 37.9 Å². The van der Waals surface area contributed by atoms with Crippen LogP contribution in [-0.2, 0) is 16.0 Å². The maximum absolute atomic E-state index is 14.6. The highest BCUT2D eigenvalue weighted by Gasteiger charge is 2.35. The van der Waals surface area contributed by atoms with E-state index in [-0.39, 0.29) is 24.3 Å². The lowest BCUT2D eigenvalue weighted by Gasteiger charge is -2.34. The van der Waals surface area contributed by atoms with Crippen molar-refractivity contribution in [3.8, 4) is 5.75 Å². The number of ether oxygens (including phenoxy) is 1. The summed E-state index contributed by atoms with van der Waals surface area (Å²) in [6.45, 7) is 4.70. The number of likely N-dealkylation sites (N-methyl/N-ethyl adjacent to an activating group) is 1. The number of rotatable bonds is 8. The highest BCUT2D eigenvalue weighted by atomic mass is 19.1. The minimum atomic E-state index is -0.990. The van der Waals surface area contributed by atoms with Crippen molar-refractivity contribution in [2.75, 3.05) is 38.1 Å². The molecule has 1 N–H and O–H groups in total. The maximum atomic E-state index is 14.6. The predicted octanol–water partition coefficient (Wildman–Crippen LogP) is 5.65. The van der Waals surface area contributed by atoms with Crippen LogP contribution in [0.1, 0.15) is 54.8 Å². The molecule has 1 unspecified atom stereocenters. The average Bonchev–Trinajstić information content (AvgIpc) is 3.02. The zero-order valence-electron chi connectivity index (χ0n) is 25.5. The summed E-state index contributed by atoms with van der Waals surface area (Å²) < 4.78 is 20.1. The number of nitrogens with zero attached hydrogens (tertiary/aromatic N) is 3. The first-order valence-electron chi connectivity index (χ1n) is 15.5. The molecule has 0 aromatic heterocycles. The summed E-state index contributed by atoms with van der Waals surface area (Å²) in [7, 11) is 2.02. The Labute approximate surface area is 258 Å². The van der Waals surface area contributed by atoms with Gasteiger partial charge in [0.1, 0.15) is 17.6 Å². The van der Waals surface area contributed by atoms with Crippen LogP contribution in [-0.4, -0.2) is 67.0 Å². The Bertz CT molecular complexity index is 1450. The van der Waals surface area contributed by atoms with Crippen LogP contribution in [0.5, 0.6) is 5.75 Å². The van der Waals surface area contributed by atoms with Gasteiger partial charge in [0.2, 0.25) is 11.8 Å². The number of benzene rings is 3. The Hall–Kier alpha value is -4.24. The molecule has 3 amide bonds. The van der Waals surface area contributed by atoms with Gasteiger partial charge >= 0.3 is 6.09 Å². The first-order chi connectivity index (χ1) is 21.3. The van der Waals surface area contributed by atoms with Gasteiger partial charge in [-0.2, -0.15) is 0 Å². The lowest BCUT2D eigenvalue weighted by atomic mass is 9.93. The Balaban J connectivity index is 1.39. The SMILES string of the molecule is Cc1ccccc1C(C(=O)NC1CCCCC1)N(C(=O)Cc1ccc(OC(=O)N2CCN(C)CC2)cc1)c1cccc(F)c1. The molecule has 0 bridgehead atoms. The number of anilines is 1. The fourth-order valence-electron chi connectivity index (χ4n) is 5.97. The lowest BCUT2D eigenvalue weighted by molar-refractivity contribution is -0.127. The number of amides is 3. The Kier molecular flexibility index (Phi) is 10.3. The molecule has 5 rings (SSSR count). The Morgan fingerprint density at radius 1 is 0.932 bits per heavy atom. The van der Waals surface area contributed by atoms with E-state index < -0.39 is 18.0 Å². The van der Waals surface area contributed by atoms with Crippen molar-refractivity contribution in [2.24, 2.45) is 0 Å². The average molecular weight is 601 g/mol. The van der Waals surface area contributed by atoms with E-state index in [0.29, 0.717) is 35.7 Å². The number of hydrogen-bond acceptors (Lipinski definition) is 5. The third kappa shape index (κ3) is 7.82. The van der Waals surface area contributed by atoms with Crippen LogP contribution in [0.4, 0.5) is 14.9 Å². The van der Waals surface area contributed by atoms with Gasteiger partial charge < -0.3 is 19.9 Å². The zero-order valence-corrected chi connectivity index (χ0v) is 25.5. The van der Waals surface area contributed by atoms with Crippen LogP contribution < -0.4 is 15.0 Å². The van der Waals surface area contributed by atoms with Gasteiger partial charge in [0.25, 0.3) is 0 Å². The molecule has 1 atom stereocenters. The molecule has 1 heterocycles.